The summed E-state index contributed by atoms with van der Waals surface area (Å²) in [5.41, 5.74) is -0.543. The Morgan fingerprint density at radius 3 is 2.25 bits per heavy atom. The van der Waals surface area contributed by atoms with Crippen molar-refractivity contribution in [1.29, 1.82) is 0 Å². The quantitative estimate of drug-likeness (QED) is 0.793. The van der Waals surface area contributed by atoms with Crippen LogP contribution in [0.1, 0.15) is 52.9 Å². The Morgan fingerprint density at radius 1 is 1.08 bits per heavy atom. The van der Waals surface area contributed by atoms with Crippen LogP contribution in [0.25, 0.3) is 0 Å². The first-order valence-electron chi connectivity index (χ1n) is 8.79. The first-order valence-corrected chi connectivity index (χ1v) is 8.79. The minimum atomic E-state index is -0.543. The molecule has 0 aromatic rings. The van der Waals surface area contributed by atoms with Gasteiger partial charge in [-0.05, 0) is 46.5 Å². The highest BCUT2D eigenvalue weighted by Gasteiger charge is 2.35. The molecule has 0 radical (unpaired) electrons. The zero-order chi connectivity index (χ0) is 17.7. The maximum atomic E-state index is 12.0. The Hall–Kier alpha value is -1.79. The molecule has 24 heavy (non-hydrogen) atoms. The molecule has 136 valence electrons. The van der Waals surface area contributed by atoms with Gasteiger partial charge in [0.25, 0.3) is 0 Å². The third-order valence-electron chi connectivity index (χ3n) is 4.12. The largest absolute Gasteiger partial charge is 0.444 e. The molecule has 0 atom stereocenters. The van der Waals surface area contributed by atoms with Crippen LogP contribution in [0.4, 0.5) is 4.79 Å². The van der Waals surface area contributed by atoms with Crippen molar-refractivity contribution in [3.8, 4) is 0 Å². The van der Waals surface area contributed by atoms with Gasteiger partial charge in [0.1, 0.15) is 5.60 Å². The van der Waals surface area contributed by atoms with Crippen LogP contribution in [0.3, 0.4) is 0 Å². The van der Waals surface area contributed by atoms with Crippen molar-refractivity contribution >= 4 is 17.9 Å². The van der Waals surface area contributed by atoms with Crippen molar-refractivity contribution in [2.24, 2.45) is 5.92 Å². The minimum Gasteiger partial charge on any atom is -0.444 e. The standard InChI is InChI=1S/C17H29N3O4/c1-17(2,3)24-16(23)18-9-6-14(21)19-13-7-10-20(11-8-13)15(22)12-4-5-12/h12-13H,4-11H2,1-3H3,(H,18,23)(H,19,21). The molecule has 2 rings (SSSR count). The van der Waals surface area contributed by atoms with Crippen molar-refractivity contribution < 1.29 is 19.1 Å². The van der Waals surface area contributed by atoms with E-state index in [1.807, 2.05) is 4.90 Å². The number of nitrogens with zero attached hydrogens (tertiary/aromatic N) is 1. The normalized spacial score (nSPS) is 18.9. The van der Waals surface area contributed by atoms with Gasteiger partial charge in [0.15, 0.2) is 0 Å². The Kier molecular flexibility index (Phi) is 6.07. The van der Waals surface area contributed by atoms with Crippen LogP contribution >= 0.6 is 0 Å². The van der Waals surface area contributed by atoms with Gasteiger partial charge in [0.05, 0.1) is 0 Å². The summed E-state index contributed by atoms with van der Waals surface area (Å²) >= 11 is 0. The second kappa shape index (κ2) is 7.85. The van der Waals surface area contributed by atoms with Crippen molar-refractivity contribution in [2.75, 3.05) is 19.6 Å². The third-order valence-corrected chi connectivity index (χ3v) is 4.12. The number of carbonyl (C=O) groups is 3. The molecule has 1 aliphatic carbocycles. The fourth-order valence-corrected chi connectivity index (χ4v) is 2.72. The zero-order valence-corrected chi connectivity index (χ0v) is 14.9. The van der Waals surface area contributed by atoms with Crippen LogP contribution in [-0.2, 0) is 14.3 Å². The number of carbonyl (C=O) groups excluding carboxylic acids is 3. The highest BCUT2D eigenvalue weighted by atomic mass is 16.6. The highest BCUT2D eigenvalue weighted by molar-refractivity contribution is 5.81. The van der Waals surface area contributed by atoms with Gasteiger partial charge in [-0.25, -0.2) is 4.79 Å². The Labute approximate surface area is 143 Å². The molecule has 3 amide bonds. The van der Waals surface area contributed by atoms with E-state index in [4.69, 9.17) is 4.74 Å². The molecule has 0 unspecified atom stereocenters. The van der Waals surface area contributed by atoms with E-state index >= 15 is 0 Å². The maximum absolute atomic E-state index is 12.0. The number of piperidine rings is 1. The lowest BCUT2D eigenvalue weighted by Crippen LogP contribution is -2.47. The van der Waals surface area contributed by atoms with E-state index in [2.05, 4.69) is 10.6 Å². The third kappa shape index (κ3) is 6.37. The fourth-order valence-electron chi connectivity index (χ4n) is 2.72. The summed E-state index contributed by atoms with van der Waals surface area (Å²) < 4.78 is 5.11. The van der Waals surface area contributed by atoms with Gasteiger partial charge < -0.3 is 20.3 Å². The van der Waals surface area contributed by atoms with Crippen LogP contribution in [-0.4, -0.2) is 54.1 Å². The average Bonchev–Trinajstić information content (AvgIpc) is 3.30. The summed E-state index contributed by atoms with van der Waals surface area (Å²) in [5, 5.41) is 5.55. The Morgan fingerprint density at radius 2 is 1.71 bits per heavy atom. The molecule has 0 aromatic heterocycles. The zero-order valence-electron chi connectivity index (χ0n) is 14.9. The lowest BCUT2D eigenvalue weighted by Gasteiger charge is -2.32. The smallest absolute Gasteiger partial charge is 0.407 e. The molecule has 2 N–H and O–H groups in total. The summed E-state index contributed by atoms with van der Waals surface area (Å²) in [7, 11) is 0. The van der Waals surface area contributed by atoms with Gasteiger partial charge in [0, 0.05) is 38.0 Å². The first kappa shape index (κ1) is 18.5. The monoisotopic (exact) mass is 339 g/mol. The predicted octanol–water partition coefficient (Wildman–Crippen LogP) is 1.42. The molecule has 7 heteroatoms. The first-order chi connectivity index (χ1) is 11.2. The predicted molar refractivity (Wildman–Crippen MR) is 89.3 cm³/mol. The van der Waals surface area contributed by atoms with Gasteiger partial charge in [-0.15, -0.1) is 0 Å². The Bertz CT molecular complexity index is 475. The topological polar surface area (TPSA) is 87.7 Å². The molecular weight excluding hydrogens is 310 g/mol. The van der Waals surface area contributed by atoms with E-state index in [0.29, 0.717) is 0 Å². The van der Waals surface area contributed by atoms with E-state index in [0.717, 1.165) is 38.8 Å². The van der Waals surface area contributed by atoms with E-state index in [9.17, 15) is 14.4 Å². The van der Waals surface area contributed by atoms with Crippen LogP contribution < -0.4 is 10.6 Å². The number of nitrogens with one attached hydrogen (secondary N) is 2. The highest BCUT2D eigenvalue weighted by Crippen LogP contribution is 2.31. The van der Waals surface area contributed by atoms with Gasteiger partial charge in [0.2, 0.25) is 11.8 Å². The molecule has 1 saturated heterocycles. The van der Waals surface area contributed by atoms with Crippen molar-refractivity contribution in [3.63, 3.8) is 0 Å². The number of rotatable bonds is 5. The number of amides is 3. The summed E-state index contributed by atoms with van der Waals surface area (Å²) in [4.78, 5) is 37.3. The number of alkyl carbamates (subject to hydrolysis) is 1. The average molecular weight is 339 g/mol. The molecular formula is C17H29N3O4. The molecule has 7 nitrogen and oxygen atoms in total. The van der Waals surface area contributed by atoms with Crippen LogP contribution in [0.5, 0.6) is 0 Å². The number of ether oxygens (including phenoxy) is 1. The van der Waals surface area contributed by atoms with Gasteiger partial charge >= 0.3 is 6.09 Å². The summed E-state index contributed by atoms with van der Waals surface area (Å²) in [5.74, 6) is 0.453. The molecule has 0 aromatic carbocycles. The summed E-state index contributed by atoms with van der Waals surface area (Å²) in [6, 6.07) is 0.113. The van der Waals surface area contributed by atoms with E-state index in [-0.39, 0.29) is 36.7 Å². The molecule has 1 aliphatic heterocycles. The molecule has 1 heterocycles. The van der Waals surface area contributed by atoms with Crippen LogP contribution in [0.15, 0.2) is 0 Å². The molecule has 0 spiro atoms. The van der Waals surface area contributed by atoms with E-state index < -0.39 is 11.7 Å². The number of hydrogen-bond acceptors (Lipinski definition) is 4. The number of likely N-dealkylation sites (tertiary alicyclic amines) is 1. The van der Waals surface area contributed by atoms with Crippen LogP contribution in [0.2, 0.25) is 0 Å². The maximum Gasteiger partial charge on any atom is 0.407 e. The Balaban J connectivity index is 1.58. The van der Waals surface area contributed by atoms with Crippen LogP contribution in [0, 0.1) is 5.92 Å². The lowest BCUT2D eigenvalue weighted by atomic mass is 10.0. The second-order valence-corrected chi connectivity index (χ2v) is 7.62. The van der Waals surface area contributed by atoms with Gasteiger partial charge in [-0.1, -0.05) is 0 Å². The molecule has 0 bridgehead atoms. The second-order valence-electron chi connectivity index (χ2n) is 7.62. The van der Waals surface area contributed by atoms with E-state index in [1.165, 1.54) is 0 Å². The molecule has 2 aliphatic rings. The van der Waals surface area contributed by atoms with Crippen molar-refractivity contribution in [3.05, 3.63) is 0 Å². The molecule has 1 saturated carbocycles. The summed E-state index contributed by atoms with van der Waals surface area (Å²) in [6.45, 7) is 7.06. The van der Waals surface area contributed by atoms with Crippen molar-refractivity contribution in [2.45, 2.75) is 64.5 Å². The fraction of sp³-hybridized carbons (Fsp3) is 0.824. The lowest BCUT2D eigenvalue weighted by molar-refractivity contribution is -0.133. The minimum absolute atomic E-state index is 0.0852. The van der Waals surface area contributed by atoms with Gasteiger partial charge in [-0.2, -0.15) is 0 Å². The molecule has 2 fully saturated rings. The summed E-state index contributed by atoms with van der Waals surface area (Å²) in [6.07, 6.45) is 3.36. The van der Waals surface area contributed by atoms with Crippen molar-refractivity contribution in [1.82, 2.24) is 15.5 Å². The SMILES string of the molecule is CC(C)(C)OC(=O)NCCC(=O)NC1CCN(C(=O)C2CC2)CC1. The number of hydrogen-bond donors (Lipinski definition) is 2. The van der Waals surface area contributed by atoms with E-state index in [1.54, 1.807) is 20.8 Å². The van der Waals surface area contributed by atoms with Gasteiger partial charge in [-0.3, -0.25) is 9.59 Å².